The Bertz CT molecular complexity index is 1500. The number of carboxylic acids is 1. The number of carboxylic acid groups (broad SMARTS) is 1. The molecule has 9 nitrogen and oxygen atoms in total. The summed E-state index contributed by atoms with van der Waals surface area (Å²) in [5.74, 6) is -0.961. The molecule has 190 valence electrons. The highest BCUT2D eigenvalue weighted by Gasteiger charge is 2.19. The quantitative estimate of drug-likeness (QED) is 0.284. The largest absolute Gasteiger partial charge is 0.477 e. The molecule has 0 unspecified atom stereocenters. The smallest absolute Gasteiger partial charge is 0.341 e. The van der Waals surface area contributed by atoms with E-state index in [1.54, 1.807) is 11.7 Å². The molecule has 0 atom stereocenters. The molecule has 4 aromatic rings. The van der Waals surface area contributed by atoms with Crippen LogP contribution in [0, 0.1) is 0 Å². The summed E-state index contributed by atoms with van der Waals surface area (Å²) < 4.78 is 6.71. The maximum absolute atomic E-state index is 12.9. The van der Waals surface area contributed by atoms with Crippen molar-refractivity contribution in [3.63, 3.8) is 0 Å². The molecule has 0 spiro atoms. The Kier molecular flexibility index (Phi) is 7.25. The zero-order chi connectivity index (χ0) is 25.8. The zero-order valence-corrected chi connectivity index (χ0v) is 20.7. The molecule has 3 N–H and O–H groups in total. The van der Waals surface area contributed by atoms with E-state index in [2.05, 4.69) is 32.7 Å². The third-order valence-corrected chi connectivity index (χ3v) is 6.62. The van der Waals surface area contributed by atoms with Gasteiger partial charge in [-0.3, -0.25) is 4.79 Å². The molecule has 0 radical (unpaired) electrons. The van der Waals surface area contributed by atoms with Gasteiger partial charge in [-0.05, 0) is 73.2 Å². The van der Waals surface area contributed by atoms with Gasteiger partial charge in [0.15, 0.2) is 5.65 Å². The van der Waals surface area contributed by atoms with Gasteiger partial charge in [0.25, 0.3) is 0 Å². The number of aromatic nitrogens is 3. The lowest BCUT2D eigenvalue weighted by Gasteiger charge is -2.14. The second kappa shape index (κ2) is 10.9. The third-order valence-electron chi connectivity index (χ3n) is 6.62. The topological polar surface area (TPSA) is 118 Å². The number of carbonyl (C=O) groups is 1. The number of nitrogens with zero attached hydrogens (tertiary/aromatic N) is 3. The number of aryl methyl sites for hydroxylation is 2. The number of aromatic carboxylic acids is 1. The van der Waals surface area contributed by atoms with E-state index in [9.17, 15) is 14.7 Å². The first kappa shape index (κ1) is 24.6. The monoisotopic (exact) mass is 499 g/mol. The van der Waals surface area contributed by atoms with Crippen molar-refractivity contribution in [2.24, 2.45) is 0 Å². The van der Waals surface area contributed by atoms with Gasteiger partial charge in [0, 0.05) is 37.4 Å². The Morgan fingerprint density at radius 2 is 1.92 bits per heavy atom. The molecule has 0 amide bonds. The average Bonchev–Trinajstić information content (AvgIpc) is 3.38. The Labute approximate surface area is 214 Å². The highest BCUT2D eigenvalue weighted by Crippen LogP contribution is 2.26. The standard InChI is InChI=1S/C28H29N5O4/c1-37-14-13-29-12-11-18-5-8-21(9-6-18)31-28-30-16-23-25(34)24(27(35)36)17-33(26(23)32-28)22-10-7-19-3-2-4-20(19)15-22/h5-10,15-17,29H,2-4,11-14H2,1H3,(H,35,36)(H,30,31,32). The van der Waals surface area contributed by atoms with Gasteiger partial charge in [0.05, 0.1) is 12.0 Å². The number of benzene rings is 2. The van der Waals surface area contributed by atoms with Crippen LogP contribution in [0.2, 0.25) is 0 Å². The molecule has 5 rings (SSSR count). The summed E-state index contributed by atoms with van der Waals surface area (Å²) in [5.41, 5.74) is 4.75. The Morgan fingerprint density at radius 3 is 2.70 bits per heavy atom. The molecule has 9 heteroatoms. The highest BCUT2D eigenvalue weighted by atomic mass is 16.5. The van der Waals surface area contributed by atoms with Crippen molar-refractivity contribution in [1.82, 2.24) is 19.9 Å². The molecule has 1 aliphatic carbocycles. The minimum Gasteiger partial charge on any atom is -0.477 e. The zero-order valence-electron chi connectivity index (χ0n) is 20.7. The van der Waals surface area contributed by atoms with E-state index in [0.717, 1.165) is 50.1 Å². The highest BCUT2D eigenvalue weighted by molar-refractivity contribution is 5.92. The van der Waals surface area contributed by atoms with Gasteiger partial charge in [0.2, 0.25) is 11.4 Å². The molecule has 1 aliphatic rings. The van der Waals surface area contributed by atoms with Gasteiger partial charge in [0.1, 0.15) is 5.56 Å². The molecule has 2 aromatic heterocycles. The van der Waals surface area contributed by atoms with E-state index in [-0.39, 0.29) is 10.9 Å². The molecular formula is C28H29N5O4. The summed E-state index contributed by atoms with van der Waals surface area (Å²) >= 11 is 0. The molecular weight excluding hydrogens is 470 g/mol. The first-order valence-corrected chi connectivity index (χ1v) is 12.4. The van der Waals surface area contributed by atoms with Crippen molar-refractivity contribution >= 4 is 28.6 Å². The van der Waals surface area contributed by atoms with Crippen LogP contribution in [0.4, 0.5) is 11.6 Å². The van der Waals surface area contributed by atoms with E-state index in [1.165, 1.54) is 29.1 Å². The van der Waals surface area contributed by atoms with E-state index in [1.807, 2.05) is 30.3 Å². The normalized spacial score (nSPS) is 12.6. The van der Waals surface area contributed by atoms with E-state index in [0.29, 0.717) is 18.2 Å². The number of nitrogens with one attached hydrogen (secondary N) is 2. The van der Waals surface area contributed by atoms with Gasteiger partial charge in [-0.15, -0.1) is 0 Å². The second-order valence-electron chi connectivity index (χ2n) is 9.10. The van der Waals surface area contributed by atoms with Gasteiger partial charge in [-0.25, -0.2) is 9.78 Å². The molecule has 0 aliphatic heterocycles. The summed E-state index contributed by atoms with van der Waals surface area (Å²) in [7, 11) is 1.69. The maximum atomic E-state index is 12.9. The van der Waals surface area contributed by atoms with Crippen LogP contribution in [-0.4, -0.2) is 52.4 Å². The lowest BCUT2D eigenvalue weighted by molar-refractivity contribution is 0.0695. The molecule has 0 saturated carbocycles. The number of pyridine rings is 1. The summed E-state index contributed by atoms with van der Waals surface area (Å²) in [6.45, 7) is 2.37. The van der Waals surface area contributed by atoms with Crippen molar-refractivity contribution in [2.75, 3.05) is 32.1 Å². The number of rotatable bonds is 10. The SMILES string of the molecule is COCCNCCc1ccc(Nc2ncc3c(=O)c(C(=O)O)cn(-c4ccc5c(c4)CCC5)c3n2)cc1. The van der Waals surface area contributed by atoms with Crippen molar-refractivity contribution in [2.45, 2.75) is 25.7 Å². The fourth-order valence-corrected chi connectivity index (χ4v) is 4.64. The Hall–Kier alpha value is -4.08. The number of fused-ring (bicyclic) bond motifs is 2. The average molecular weight is 500 g/mol. The predicted octanol–water partition coefficient (Wildman–Crippen LogP) is 3.49. The molecule has 2 aromatic carbocycles. The molecule has 2 heterocycles. The Morgan fingerprint density at radius 1 is 1.11 bits per heavy atom. The van der Waals surface area contributed by atoms with Crippen LogP contribution in [0.25, 0.3) is 16.7 Å². The van der Waals surface area contributed by atoms with Crippen LogP contribution in [0.3, 0.4) is 0 Å². The summed E-state index contributed by atoms with van der Waals surface area (Å²) in [6.07, 6.45) is 6.77. The maximum Gasteiger partial charge on any atom is 0.341 e. The first-order valence-electron chi connectivity index (χ1n) is 12.4. The Balaban J connectivity index is 1.44. The fourth-order valence-electron chi connectivity index (χ4n) is 4.64. The van der Waals surface area contributed by atoms with Gasteiger partial charge in [-0.1, -0.05) is 18.2 Å². The minimum absolute atomic E-state index is 0.155. The number of methoxy groups -OCH3 is 1. The van der Waals surface area contributed by atoms with Crippen LogP contribution in [0.15, 0.2) is 59.7 Å². The van der Waals surface area contributed by atoms with Gasteiger partial charge >= 0.3 is 5.97 Å². The van der Waals surface area contributed by atoms with Crippen molar-refractivity contribution in [3.05, 3.63) is 87.3 Å². The van der Waals surface area contributed by atoms with E-state index in [4.69, 9.17) is 4.74 Å². The van der Waals surface area contributed by atoms with E-state index >= 15 is 0 Å². The summed E-state index contributed by atoms with van der Waals surface area (Å²) in [5, 5.41) is 16.3. The minimum atomic E-state index is -1.28. The summed E-state index contributed by atoms with van der Waals surface area (Å²) in [4.78, 5) is 33.6. The van der Waals surface area contributed by atoms with Gasteiger partial charge in [-0.2, -0.15) is 4.98 Å². The van der Waals surface area contributed by atoms with Crippen molar-refractivity contribution in [1.29, 1.82) is 0 Å². The van der Waals surface area contributed by atoms with Crippen LogP contribution >= 0.6 is 0 Å². The number of ether oxygens (including phenoxy) is 1. The van der Waals surface area contributed by atoms with Crippen LogP contribution in [0.5, 0.6) is 0 Å². The number of hydrogen-bond acceptors (Lipinski definition) is 7. The molecule has 0 fully saturated rings. The van der Waals surface area contributed by atoms with Crippen LogP contribution in [0.1, 0.15) is 33.5 Å². The lowest BCUT2D eigenvalue weighted by atomic mass is 10.1. The molecule has 0 bridgehead atoms. The first-order chi connectivity index (χ1) is 18.0. The van der Waals surface area contributed by atoms with Crippen molar-refractivity contribution in [3.8, 4) is 5.69 Å². The fraction of sp³-hybridized carbons (Fsp3) is 0.286. The predicted molar refractivity (Wildman–Crippen MR) is 142 cm³/mol. The van der Waals surface area contributed by atoms with Crippen LogP contribution in [-0.2, 0) is 24.0 Å². The lowest BCUT2D eigenvalue weighted by Crippen LogP contribution is -2.21. The van der Waals surface area contributed by atoms with Crippen LogP contribution < -0.4 is 16.1 Å². The van der Waals surface area contributed by atoms with Gasteiger partial charge < -0.3 is 25.0 Å². The molecule has 37 heavy (non-hydrogen) atoms. The molecule has 0 saturated heterocycles. The summed E-state index contributed by atoms with van der Waals surface area (Å²) in [6, 6.07) is 14.1. The second-order valence-corrected chi connectivity index (χ2v) is 9.10. The number of anilines is 2. The third kappa shape index (κ3) is 5.37. The number of hydrogen-bond donors (Lipinski definition) is 3. The van der Waals surface area contributed by atoms with Crippen molar-refractivity contribution < 1.29 is 14.6 Å². The van der Waals surface area contributed by atoms with E-state index < -0.39 is 11.4 Å².